The lowest BCUT2D eigenvalue weighted by Gasteiger charge is -2.09. The molecule has 1 nitrogen and oxygen atoms in total. The van der Waals surface area contributed by atoms with Crippen molar-refractivity contribution < 1.29 is 0 Å². The minimum Gasteiger partial charge on any atom is -0.316 e. The summed E-state index contributed by atoms with van der Waals surface area (Å²) in [6.07, 6.45) is 5.47. The van der Waals surface area contributed by atoms with Crippen molar-refractivity contribution in [3.8, 4) is 0 Å². The number of rotatable bonds is 0. The number of para-hydroxylation sites is 2. The Morgan fingerprint density at radius 3 is 2.75 bits per heavy atom. The number of aromatic nitrogens is 1. The van der Waals surface area contributed by atoms with Crippen LogP contribution in [0.5, 0.6) is 0 Å². The number of fused-ring (bicyclic) bond motifs is 3. The molecule has 16 heavy (non-hydrogen) atoms. The van der Waals surface area contributed by atoms with Gasteiger partial charge in [0, 0.05) is 17.0 Å². The molecule has 2 heterocycles. The van der Waals surface area contributed by atoms with Gasteiger partial charge in [0.05, 0.1) is 11.0 Å². The Bertz CT molecular complexity index is 732. The molecule has 2 aromatic carbocycles. The molecule has 1 aliphatic rings. The van der Waals surface area contributed by atoms with Crippen molar-refractivity contribution in [1.29, 1.82) is 0 Å². The Labute approximate surface area is 93.6 Å². The van der Waals surface area contributed by atoms with Crippen molar-refractivity contribution in [1.82, 2.24) is 4.57 Å². The van der Waals surface area contributed by atoms with Gasteiger partial charge in [-0.15, -0.1) is 0 Å². The SMILES string of the molecule is C1=Cn2c3ccccc3c3cccc(c32)C1. The van der Waals surface area contributed by atoms with E-state index in [1.54, 1.807) is 0 Å². The van der Waals surface area contributed by atoms with Crippen molar-refractivity contribution in [2.24, 2.45) is 0 Å². The highest BCUT2D eigenvalue weighted by Gasteiger charge is 2.13. The Morgan fingerprint density at radius 2 is 1.75 bits per heavy atom. The molecule has 0 atom stereocenters. The fraction of sp³-hybridized carbons (Fsp3) is 0.0667. The predicted molar refractivity (Wildman–Crippen MR) is 68.5 cm³/mol. The first-order valence-corrected chi connectivity index (χ1v) is 5.62. The zero-order valence-electron chi connectivity index (χ0n) is 8.85. The fourth-order valence-electron chi connectivity index (χ4n) is 2.73. The molecule has 0 aliphatic carbocycles. The minimum absolute atomic E-state index is 1.05. The predicted octanol–water partition coefficient (Wildman–Crippen LogP) is 3.82. The largest absolute Gasteiger partial charge is 0.316 e. The van der Waals surface area contributed by atoms with Crippen molar-refractivity contribution in [3.05, 3.63) is 54.1 Å². The normalized spacial score (nSPS) is 13.8. The quantitative estimate of drug-likeness (QED) is 0.525. The molecule has 0 bridgehead atoms. The van der Waals surface area contributed by atoms with Gasteiger partial charge in [-0.1, -0.05) is 42.5 Å². The number of allylic oxidation sites excluding steroid dienone is 1. The van der Waals surface area contributed by atoms with E-state index in [2.05, 4.69) is 59.3 Å². The van der Waals surface area contributed by atoms with Gasteiger partial charge in [0.2, 0.25) is 0 Å². The summed E-state index contributed by atoms with van der Waals surface area (Å²) >= 11 is 0. The lowest BCUT2D eigenvalue weighted by molar-refractivity contribution is 1.17. The molecule has 0 spiro atoms. The Balaban J connectivity index is 2.40. The van der Waals surface area contributed by atoms with E-state index >= 15 is 0 Å². The molecule has 4 rings (SSSR count). The van der Waals surface area contributed by atoms with E-state index in [1.807, 2.05) is 0 Å². The van der Waals surface area contributed by atoms with Crippen LogP contribution in [0.4, 0.5) is 0 Å². The maximum absolute atomic E-state index is 2.31. The van der Waals surface area contributed by atoms with Crippen molar-refractivity contribution in [3.63, 3.8) is 0 Å². The number of hydrogen-bond donors (Lipinski definition) is 0. The standard InChI is InChI=1S/C15H11N/c1-2-9-14-12(7-1)13-8-3-5-11-6-4-10-16(14)15(11)13/h1-5,7-10H,6H2. The second-order valence-corrected chi connectivity index (χ2v) is 4.29. The molecule has 1 aliphatic heterocycles. The summed E-state index contributed by atoms with van der Waals surface area (Å²) in [6, 6.07) is 15.2. The highest BCUT2D eigenvalue weighted by atomic mass is 15.0. The van der Waals surface area contributed by atoms with Crippen LogP contribution in [0.2, 0.25) is 0 Å². The second kappa shape index (κ2) is 2.76. The van der Waals surface area contributed by atoms with Crippen LogP contribution in [0.25, 0.3) is 28.0 Å². The van der Waals surface area contributed by atoms with Gasteiger partial charge in [0.15, 0.2) is 0 Å². The van der Waals surface area contributed by atoms with E-state index < -0.39 is 0 Å². The molecule has 76 valence electrons. The van der Waals surface area contributed by atoms with Crippen LogP contribution in [-0.2, 0) is 6.42 Å². The van der Waals surface area contributed by atoms with Crippen LogP contribution < -0.4 is 0 Å². The summed E-state index contributed by atoms with van der Waals surface area (Å²) in [5.74, 6) is 0. The smallest absolute Gasteiger partial charge is 0.0569 e. The Kier molecular flexibility index (Phi) is 1.41. The first kappa shape index (κ1) is 8.17. The molecule has 0 saturated heterocycles. The molecule has 0 N–H and O–H groups in total. The van der Waals surface area contributed by atoms with E-state index in [4.69, 9.17) is 0 Å². The van der Waals surface area contributed by atoms with Gasteiger partial charge in [0.1, 0.15) is 0 Å². The molecule has 1 heteroatoms. The lowest BCUT2D eigenvalue weighted by atomic mass is 10.1. The van der Waals surface area contributed by atoms with Crippen LogP contribution in [-0.4, -0.2) is 4.57 Å². The fourth-order valence-corrected chi connectivity index (χ4v) is 2.73. The molecule has 0 fully saturated rings. The first-order valence-electron chi connectivity index (χ1n) is 5.62. The molecule has 0 amide bonds. The van der Waals surface area contributed by atoms with Crippen LogP contribution in [0, 0.1) is 0 Å². The van der Waals surface area contributed by atoms with Gasteiger partial charge in [-0.2, -0.15) is 0 Å². The molecule has 3 aromatic rings. The van der Waals surface area contributed by atoms with Crippen LogP contribution in [0.3, 0.4) is 0 Å². The Hall–Kier alpha value is -2.02. The first-order chi connectivity index (χ1) is 7.95. The zero-order valence-corrected chi connectivity index (χ0v) is 8.85. The molecular weight excluding hydrogens is 194 g/mol. The summed E-state index contributed by atoms with van der Waals surface area (Å²) in [7, 11) is 0. The van der Waals surface area contributed by atoms with Gasteiger partial charge in [0.25, 0.3) is 0 Å². The molecule has 1 aromatic heterocycles. The van der Waals surface area contributed by atoms with Gasteiger partial charge >= 0.3 is 0 Å². The average Bonchev–Trinajstić information content (AvgIpc) is 2.68. The molecular formula is C15H11N. The number of hydrogen-bond acceptors (Lipinski definition) is 0. The monoisotopic (exact) mass is 205 g/mol. The van der Waals surface area contributed by atoms with E-state index in [0.29, 0.717) is 0 Å². The number of benzene rings is 2. The van der Waals surface area contributed by atoms with Gasteiger partial charge in [-0.3, -0.25) is 0 Å². The van der Waals surface area contributed by atoms with Gasteiger partial charge < -0.3 is 4.57 Å². The second-order valence-electron chi connectivity index (χ2n) is 4.29. The van der Waals surface area contributed by atoms with Gasteiger partial charge in [-0.25, -0.2) is 0 Å². The summed E-state index contributed by atoms with van der Waals surface area (Å²) in [6.45, 7) is 0. The summed E-state index contributed by atoms with van der Waals surface area (Å²) in [5, 5.41) is 2.73. The third-order valence-corrected chi connectivity index (χ3v) is 3.41. The summed E-state index contributed by atoms with van der Waals surface area (Å²) in [5.41, 5.74) is 4.11. The van der Waals surface area contributed by atoms with Crippen molar-refractivity contribution in [2.45, 2.75) is 6.42 Å². The van der Waals surface area contributed by atoms with E-state index in [9.17, 15) is 0 Å². The average molecular weight is 205 g/mol. The lowest BCUT2D eigenvalue weighted by Crippen LogP contribution is -1.95. The minimum atomic E-state index is 1.05. The Morgan fingerprint density at radius 1 is 0.875 bits per heavy atom. The highest BCUT2D eigenvalue weighted by molar-refractivity contribution is 6.10. The van der Waals surface area contributed by atoms with Gasteiger partial charge in [-0.05, 0) is 18.1 Å². The van der Waals surface area contributed by atoms with Crippen LogP contribution in [0.1, 0.15) is 5.56 Å². The topological polar surface area (TPSA) is 4.93 Å². The van der Waals surface area contributed by atoms with Crippen LogP contribution in [0.15, 0.2) is 48.5 Å². The molecule has 0 saturated carbocycles. The zero-order chi connectivity index (χ0) is 10.5. The molecule has 0 unspecified atom stereocenters. The van der Waals surface area contributed by atoms with Crippen molar-refractivity contribution in [2.75, 3.05) is 0 Å². The maximum Gasteiger partial charge on any atom is 0.0569 e. The van der Waals surface area contributed by atoms with E-state index in [0.717, 1.165) is 6.42 Å². The third-order valence-electron chi connectivity index (χ3n) is 3.41. The summed E-state index contributed by atoms with van der Waals surface area (Å²) < 4.78 is 2.31. The maximum atomic E-state index is 2.31. The highest BCUT2D eigenvalue weighted by Crippen LogP contribution is 2.33. The van der Waals surface area contributed by atoms with Crippen LogP contribution >= 0.6 is 0 Å². The van der Waals surface area contributed by atoms with Crippen molar-refractivity contribution >= 4 is 28.0 Å². The van der Waals surface area contributed by atoms with E-state index in [-0.39, 0.29) is 0 Å². The summed E-state index contributed by atoms with van der Waals surface area (Å²) in [4.78, 5) is 0. The third kappa shape index (κ3) is 0.860. The van der Waals surface area contributed by atoms with E-state index in [1.165, 1.54) is 27.4 Å². The molecule has 0 radical (unpaired) electrons. The number of nitrogens with zero attached hydrogens (tertiary/aromatic N) is 1.